The highest BCUT2D eigenvalue weighted by atomic mass is 16.5. The molecule has 0 fully saturated rings. The van der Waals surface area contributed by atoms with Gasteiger partial charge in [-0.15, -0.1) is 0 Å². The predicted octanol–water partition coefficient (Wildman–Crippen LogP) is -0.617. The van der Waals surface area contributed by atoms with E-state index in [4.69, 9.17) is 5.73 Å². The van der Waals surface area contributed by atoms with E-state index in [9.17, 15) is 4.79 Å². The molecule has 0 aliphatic carbocycles. The molecule has 12 heavy (non-hydrogen) atoms. The SMILES string of the molecule is COC(=O)[C@@H](N)Cn1ccnc1. The lowest BCUT2D eigenvalue weighted by atomic mass is 10.3. The average Bonchev–Trinajstić information content (AvgIpc) is 2.55. The summed E-state index contributed by atoms with van der Waals surface area (Å²) in [4.78, 5) is 14.7. The number of ether oxygens (including phenoxy) is 1. The fourth-order valence-corrected chi connectivity index (χ4v) is 0.848. The Morgan fingerprint density at radius 2 is 2.58 bits per heavy atom. The minimum atomic E-state index is -0.621. The number of carbonyl (C=O) groups excluding carboxylic acids is 1. The van der Waals surface area contributed by atoms with Crippen LogP contribution in [0.25, 0.3) is 0 Å². The molecule has 1 aromatic rings. The van der Waals surface area contributed by atoms with Gasteiger partial charge in [0.2, 0.25) is 0 Å². The molecule has 1 rings (SSSR count). The third kappa shape index (κ3) is 2.06. The number of esters is 1. The first-order chi connectivity index (χ1) is 5.74. The van der Waals surface area contributed by atoms with Gasteiger partial charge in [-0.2, -0.15) is 0 Å². The van der Waals surface area contributed by atoms with E-state index in [-0.39, 0.29) is 0 Å². The maximum Gasteiger partial charge on any atom is 0.324 e. The Hall–Kier alpha value is -1.36. The molecule has 1 heterocycles. The number of carbonyl (C=O) groups is 1. The lowest BCUT2D eigenvalue weighted by Gasteiger charge is -2.08. The fraction of sp³-hybridized carbons (Fsp3) is 0.429. The Kier molecular flexibility index (Phi) is 2.82. The van der Waals surface area contributed by atoms with Crippen molar-refractivity contribution in [3.05, 3.63) is 18.7 Å². The molecule has 0 aromatic carbocycles. The summed E-state index contributed by atoms with van der Waals surface area (Å²) in [5.41, 5.74) is 5.50. The van der Waals surface area contributed by atoms with Crippen molar-refractivity contribution in [2.75, 3.05) is 7.11 Å². The Bertz CT molecular complexity index is 245. The molecular formula is C7H11N3O2. The Morgan fingerprint density at radius 1 is 1.83 bits per heavy atom. The number of methoxy groups -OCH3 is 1. The molecule has 0 saturated heterocycles. The number of hydrogen-bond donors (Lipinski definition) is 1. The Balaban J connectivity index is 2.47. The standard InChI is InChI=1S/C7H11N3O2/c1-12-7(11)6(8)4-10-3-2-9-5-10/h2-3,5-6H,4,8H2,1H3/t6-/m0/s1. The third-order valence-electron chi connectivity index (χ3n) is 1.47. The molecule has 0 aliphatic rings. The van der Waals surface area contributed by atoms with Crippen molar-refractivity contribution in [2.45, 2.75) is 12.6 Å². The predicted molar refractivity (Wildman–Crippen MR) is 42.2 cm³/mol. The van der Waals surface area contributed by atoms with Crippen molar-refractivity contribution >= 4 is 5.97 Å². The average molecular weight is 169 g/mol. The van der Waals surface area contributed by atoms with Crippen LogP contribution in [0.4, 0.5) is 0 Å². The number of imidazole rings is 1. The van der Waals surface area contributed by atoms with Gasteiger partial charge in [0.1, 0.15) is 6.04 Å². The van der Waals surface area contributed by atoms with E-state index >= 15 is 0 Å². The van der Waals surface area contributed by atoms with Gasteiger partial charge >= 0.3 is 5.97 Å². The molecule has 1 atom stereocenters. The molecule has 0 aliphatic heterocycles. The van der Waals surface area contributed by atoms with E-state index in [0.717, 1.165) is 0 Å². The second-order valence-corrected chi connectivity index (χ2v) is 2.39. The number of nitrogens with two attached hydrogens (primary N) is 1. The first kappa shape index (κ1) is 8.73. The number of hydrogen-bond acceptors (Lipinski definition) is 4. The van der Waals surface area contributed by atoms with Gasteiger partial charge in [0, 0.05) is 18.9 Å². The van der Waals surface area contributed by atoms with Gasteiger partial charge in [-0.05, 0) is 0 Å². The number of nitrogens with zero attached hydrogens (tertiary/aromatic N) is 2. The van der Waals surface area contributed by atoms with Crippen LogP contribution in [-0.4, -0.2) is 28.7 Å². The summed E-state index contributed by atoms with van der Waals surface area (Å²) < 4.78 is 6.19. The van der Waals surface area contributed by atoms with Gasteiger partial charge in [-0.1, -0.05) is 0 Å². The third-order valence-corrected chi connectivity index (χ3v) is 1.47. The summed E-state index contributed by atoms with van der Waals surface area (Å²) in [5.74, 6) is -0.413. The van der Waals surface area contributed by atoms with Crippen molar-refractivity contribution in [1.29, 1.82) is 0 Å². The van der Waals surface area contributed by atoms with Crippen LogP contribution < -0.4 is 5.73 Å². The molecule has 0 spiro atoms. The Labute approximate surface area is 70.1 Å². The summed E-state index contributed by atoms with van der Waals surface area (Å²) in [7, 11) is 1.32. The highest BCUT2D eigenvalue weighted by Crippen LogP contribution is 1.91. The molecular weight excluding hydrogens is 158 g/mol. The van der Waals surface area contributed by atoms with Crippen LogP contribution in [0.2, 0.25) is 0 Å². The van der Waals surface area contributed by atoms with Gasteiger partial charge in [0.15, 0.2) is 0 Å². The Morgan fingerprint density at radius 3 is 3.08 bits per heavy atom. The van der Waals surface area contributed by atoms with E-state index in [2.05, 4.69) is 9.72 Å². The first-order valence-electron chi connectivity index (χ1n) is 3.53. The van der Waals surface area contributed by atoms with E-state index < -0.39 is 12.0 Å². The molecule has 0 unspecified atom stereocenters. The van der Waals surface area contributed by atoms with E-state index in [0.29, 0.717) is 6.54 Å². The number of rotatable bonds is 3. The van der Waals surface area contributed by atoms with Gasteiger partial charge in [-0.25, -0.2) is 4.98 Å². The van der Waals surface area contributed by atoms with E-state index in [1.54, 1.807) is 23.3 Å². The minimum Gasteiger partial charge on any atom is -0.468 e. The second kappa shape index (κ2) is 3.87. The maximum absolute atomic E-state index is 10.9. The normalized spacial score (nSPS) is 12.5. The smallest absolute Gasteiger partial charge is 0.324 e. The topological polar surface area (TPSA) is 70.1 Å². The molecule has 0 amide bonds. The quantitative estimate of drug-likeness (QED) is 0.612. The molecule has 0 saturated carbocycles. The van der Waals surface area contributed by atoms with Crippen molar-refractivity contribution in [2.24, 2.45) is 5.73 Å². The highest BCUT2D eigenvalue weighted by molar-refractivity contribution is 5.75. The zero-order chi connectivity index (χ0) is 8.97. The van der Waals surface area contributed by atoms with Crippen LogP contribution in [0.3, 0.4) is 0 Å². The van der Waals surface area contributed by atoms with Gasteiger partial charge in [-0.3, -0.25) is 4.79 Å². The summed E-state index contributed by atoms with van der Waals surface area (Å²) in [5, 5.41) is 0. The van der Waals surface area contributed by atoms with Crippen molar-refractivity contribution in [1.82, 2.24) is 9.55 Å². The second-order valence-electron chi connectivity index (χ2n) is 2.39. The molecule has 1 aromatic heterocycles. The van der Waals surface area contributed by atoms with Crippen LogP contribution in [0, 0.1) is 0 Å². The van der Waals surface area contributed by atoms with Crippen molar-refractivity contribution in [3.8, 4) is 0 Å². The molecule has 0 bridgehead atoms. The molecule has 66 valence electrons. The van der Waals surface area contributed by atoms with Crippen LogP contribution in [0.5, 0.6) is 0 Å². The van der Waals surface area contributed by atoms with Gasteiger partial charge in [0.05, 0.1) is 13.4 Å². The molecule has 5 heteroatoms. The van der Waals surface area contributed by atoms with Crippen LogP contribution in [0.1, 0.15) is 0 Å². The largest absolute Gasteiger partial charge is 0.468 e. The lowest BCUT2D eigenvalue weighted by Crippen LogP contribution is -2.35. The minimum absolute atomic E-state index is 0.396. The fourth-order valence-electron chi connectivity index (χ4n) is 0.848. The number of aromatic nitrogens is 2. The maximum atomic E-state index is 10.9. The van der Waals surface area contributed by atoms with Crippen molar-refractivity contribution < 1.29 is 9.53 Å². The zero-order valence-electron chi connectivity index (χ0n) is 6.80. The molecule has 0 radical (unpaired) electrons. The monoisotopic (exact) mass is 169 g/mol. The molecule has 2 N–H and O–H groups in total. The summed E-state index contributed by atoms with van der Waals surface area (Å²) in [6.07, 6.45) is 4.97. The van der Waals surface area contributed by atoms with Crippen LogP contribution in [0.15, 0.2) is 18.7 Å². The van der Waals surface area contributed by atoms with Crippen molar-refractivity contribution in [3.63, 3.8) is 0 Å². The zero-order valence-corrected chi connectivity index (χ0v) is 6.80. The van der Waals surface area contributed by atoms with E-state index in [1.165, 1.54) is 7.11 Å². The summed E-state index contributed by atoms with van der Waals surface area (Å²) >= 11 is 0. The highest BCUT2D eigenvalue weighted by Gasteiger charge is 2.13. The lowest BCUT2D eigenvalue weighted by molar-refractivity contribution is -0.142. The van der Waals surface area contributed by atoms with Crippen LogP contribution >= 0.6 is 0 Å². The first-order valence-corrected chi connectivity index (χ1v) is 3.53. The summed E-state index contributed by atoms with van der Waals surface area (Å²) in [6, 6.07) is -0.621. The van der Waals surface area contributed by atoms with Gasteiger partial charge in [0.25, 0.3) is 0 Å². The van der Waals surface area contributed by atoms with Crippen LogP contribution in [-0.2, 0) is 16.1 Å². The van der Waals surface area contributed by atoms with E-state index in [1.807, 2.05) is 0 Å². The summed E-state index contributed by atoms with van der Waals surface area (Å²) in [6.45, 7) is 0.396. The molecule has 5 nitrogen and oxygen atoms in total. The van der Waals surface area contributed by atoms with Gasteiger partial charge < -0.3 is 15.0 Å².